The number of rotatable bonds is 1. The van der Waals surface area contributed by atoms with Gasteiger partial charge in [-0.05, 0) is 87.4 Å². The van der Waals surface area contributed by atoms with Crippen LogP contribution in [0.5, 0.6) is 0 Å². The van der Waals surface area contributed by atoms with Crippen molar-refractivity contribution < 1.29 is 0 Å². The fourth-order valence-electron chi connectivity index (χ4n) is 7.16. The lowest BCUT2D eigenvalue weighted by Gasteiger charge is -2.34. The minimum absolute atomic E-state index is 0.355. The van der Waals surface area contributed by atoms with Crippen LogP contribution >= 0.6 is 0 Å². The molecule has 0 aromatic heterocycles. The van der Waals surface area contributed by atoms with E-state index in [1.165, 1.54) is 72.1 Å². The largest absolute Gasteiger partial charge is 0.242 e. The molecule has 3 aliphatic rings. The summed E-state index contributed by atoms with van der Waals surface area (Å²) in [5.41, 5.74) is 20.5. The van der Waals surface area contributed by atoms with E-state index in [0.29, 0.717) is 6.71 Å². The number of hydrogen-bond acceptors (Lipinski definition) is 0. The molecule has 35 heavy (non-hydrogen) atoms. The van der Waals surface area contributed by atoms with Crippen LogP contribution in [0.1, 0.15) is 38.9 Å². The molecule has 1 heteroatoms. The molecule has 164 valence electrons. The topological polar surface area (TPSA) is 0 Å². The van der Waals surface area contributed by atoms with Crippen LogP contribution < -0.4 is 16.4 Å². The van der Waals surface area contributed by atoms with Crippen molar-refractivity contribution in [2.75, 3.05) is 0 Å². The maximum atomic E-state index is 2.52. The summed E-state index contributed by atoms with van der Waals surface area (Å²) in [4.78, 5) is 0. The summed E-state index contributed by atoms with van der Waals surface area (Å²) in [7, 11) is 0. The molecule has 5 aromatic carbocycles. The molecular weight excluding hydrogens is 419 g/mol. The van der Waals surface area contributed by atoms with Gasteiger partial charge in [-0.2, -0.15) is 0 Å². The summed E-state index contributed by atoms with van der Waals surface area (Å²) in [5, 5.41) is 0. The molecule has 0 fully saturated rings. The van der Waals surface area contributed by atoms with Crippen LogP contribution in [0.15, 0.2) is 97.1 Å². The first-order valence-electron chi connectivity index (χ1n) is 12.8. The van der Waals surface area contributed by atoms with E-state index >= 15 is 0 Å². The molecule has 0 atom stereocenters. The predicted octanol–water partition coefficient (Wildman–Crippen LogP) is 5.56. The van der Waals surface area contributed by atoms with Crippen molar-refractivity contribution >= 4 is 23.1 Å². The third-order valence-electron chi connectivity index (χ3n) is 8.59. The number of aryl methyl sites for hydroxylation is 1. The van der Waals surface area contributed by atoms with E-state index in [9.17, 15) is 0 Å². The fraction of sp³-hybridized carbons (Fsp3) is 0.118. The van der Waals surface area contributed by atoms with Gasteiger partial charge in [0, 0.05) is 0 Å². The van der Waals surface area contributed by atoms with Gasteiger partial charge in [-0.1, -0.05) is 113 Å². The molecule has 0 radical (unpaired) electrons. The molecule has 0 nitrogen and oxygen atoms in total. The van der Waals surface area contributed by atoms with Crippen LogP contribution in [0.2, 0.25) is 0 Å². The van der Waals surface area contributed by atoms with Crippen molar-refractivity contribution in [3.8, 4) is 22.3 Å². The van der Waals surface area contributed by atoms with E-state index < -0.39 is 0 Å². The van der Waals surface area contributed by atoms with Gasteiger partial charge in [-0.3, -0.25) is 0 Å². The molecule has 2 heterocycles. The van der Waals surface area contributed by atoms with Crippen molar-refractivity contribution in [3.05, 3.63) is 136 Å². The van der Waals surface area contributed by atoms with Crippen LogP contribution in [0.25, 0.3) is 22.3 Å². The Hall–Kier alpha value is -3.84. The van der Waals surface area contributed by atoms with E-state index in [-0.39, 0.29) is 0 Å². The first-order valence-corrected chi connectivity index (χ1v) is 12.8. The molecule has 0 spiro atoms. The molecule has 2 aliphatic heterocycles. The van der Waals surface area contributed by atoms with Crippen molar-refractivity contribution in [1.29, 1.82) is 0 Å². The Morgan fingerprint density at radius 1 is 0.514 bits per heavy atom. The first-order chi connectivity index (χ1) is 17.3. The fourth-order valence-corrected chi connectivity index (χ4v) is 7.16. The standard InChI is InChI=1S/C34H25B/c1-21-8-6-11-24-18-25-12-7-13-29(33(25)32(21)24)26-19-27-16-22-9-2-4-14-30(22)35-31-15-5-3-10-23(31)17-28(20-26)34(27)35/h2-15,19-20H,16-18H2,1H3. The Morgan fingerprint density at radius 3 is 1.74 bits per heavy atom. The van der Waals surface area contributed by atoms with Gasteiger partial charge in [-0.25, -0.2) is 0 Å². The van der Waals surface area contributed by atoms with Crippen LogP contribution in [-0.2, 0) is 19.3 Å². The summed E-state index contributed by atoms with van der Waals surface area (Å²) in [6, 6.07) is 36.9. The molecule has 0 saturated heterocycles. The minimum atomic E-state index is 0.355. The summed E-state index contributed by atoms with van der Waals surface area (Å²) >= 11 is 0. The van der Waals surface area contributed by atoms with Crippen LogP contribution in [0.3, 0.4) is 0 Å². The van der Waals surface area contributed by atoms with E-state index in [4.69, 9.17) is 0 Å². The van der Waals surface area contributed by atoms with E-state index in [1.807, 2.05) is 0 Å². The lowest BCUT2D eigenvalue weighted by atomic mass is 9.30. The smallest absolute Gasteiger partial charge is 0.0667 e. The van der Waals surface area contributed by atoms with Crippen LogP contribution in [-0.4, -0.2) is 6.71 Å². The molecule has 0 N–H and O–H groups in total. The average Bonchev–Trinajstić information content (AvgIpc) is 3.28. The highest BCUT2D eigenvalue weighted by molar-refractivity contribution is 6.97. The Labute approximate surface area is 207 Å². The highest BCUT2D eigenvalue weighted by Gasteiger charge is 2.37. The molecule has 1 aliphatic carbocycles. The van der Waals surface area contributed by atoms with Gasteiger partial charge >= 0.3 is 0 Å². The first kappa shape index (κ1) is 19.5. The maximum absolute atomic E-state index is 2.52. The van der Waals surface area contributed by atoms with E-state index in [0.717, 1.165) is 19.3 Å². The highest BCUT2D eigenvalue weighted by atomic mass is 14.3. The quantitative estimate of drug-likeness (QED) is 0.291. The van der Waals surface area contributed by atoms with Gasteiger partial charge in [-0.15, -0.1) is 0 Å². The SMILES string of the molecule is Cc1cccc2c1-c1c(cccc1-c1cc3c4c(c1)Cc1ccccc1B4c1ccccc1C3)C2. The average molecular weight is 444 g/mol. The number of hydrogen-bond donors (Lipinski definition) is 0. The molecule has 0 bridgehead atoms. The van der Waals surface area contributed by atoms with Crippen molar-refractivity contribution in [1.82, 2.24) is 0 Å². The van der Waals surface area contributed by atoms with Gasteiger partial charge in [0.2, 0.25) is 6.71 Å². The van der Waals surface area contributed by atoms with Gasteiger partial charge in [0.15, 0.2) is 0 Å². The monoisotopic (exact) mass is 444 g/mol. The maximum Gasteiger partial charge on any atom is 0.242 e. The Bertz CT molecular complexity index is 1620. The van der Waals surface area contributed by atoms with Gasteiger partial charge in [0.25, 0.3) is 0 Å². The predicted molar refractivity (Wildman–Crippen MR) is 148 cm³/mol. The molecule has 0 amide bonds. The summed E-state index contributed by atoms with van der Waals surface area (Å²) < 4.78 is 0. The normalized spacial score (nSPS) is 14.0. The van der Waals surface area contributed by atoms with Crippen LogP contribution in [0.4, 0.5) is 0 Å². The van der Waals surface area contributed by atoms with Crippen molar-refractivity contribution in [2.45, 2.75) is 26.2 Å². The van der Waals surface area contributed by atoms with Gasteiger partial charge in [0.05, 0.1) is 0 Å². The lowest BCUT2D eigenvalue weighted by Crippen LogP contribution is -2.61. The van der Waals surface area contributed by atoms with Crippen molar-refractivity contribution in [2.24, 2.45) is 0 Å². The minimum Gasteiger partial charge on any atom is -0.0667 e. The van der Waals surface area contributed by atoms with Crippen LogP contribution in [0, 0.1) is 6.92 Å². The molecule has 5 aromatic rings. The number of fused-ring (bicyclic) bond motifs is 7. The number of benzene rings is 5. The van der Waals surface area contributed by atoms with Gasteiger partial charge < -0.3 is 0 Å². The Morgan fingerprint density at radius 2 is 1.06 bits per heavy atom. The zero-order chi connectivity index (χ0) is 23.1. The second-order valence-electron chi connectivity index (χ2n) is 10.5. The third kappa shape index (κ3) is 2.70. The summed E-state index contributed by atoms with van der Waals surface area (Å²) in [6.07, 6.45) is 3.09. The Balaban J connectivity index is 1.39. The highest BCUT2D eigenvalue weighted by Crippen LogP contribution is 2.45. The zero-order valence-electron chi connectivity index (χ0n) is 19.9. The second kappa shape index (κ2) is 7.09. The molecule has 0 saturated carbocycles. The van der Waals surface area contributed by atoms with E-state index in [2.05, 4.69) is 104 Å². The molecule has 0 unspecified atom stereocenters. The summed E-state index contributed by atoms with van der Waals surface area (Å²) in [5.74, 6) is 0. The van der Waals surface area contributed by atoms with Crippen molar-refractivity contribution in [3.63, 3.8) is 0 Å². The van der Waals surface area contributed by atoms with Gasteiger partial charge in [0.1, 0.15) is 0 Å². The summed E-state index contributed by atoms with van der Waals surface area (Å²) in [6.45, 7) is 2.62. The lowest BCUT2D eigenvalue weighted by molar-refractivity contribution is 1.15. The second-order valence-corrected chi connectivity index (χ2v) is 10.5. The molecular formula is C34H25B. The van der Waals surface area contributed by atoms with E-state index in [1.54, 1.807) is 5.46 Å². The molecule has 8 rings (SSSR count). The third-order valence-corrected chi connectivity index (χ3v) is 8.59. The Kier molecular flexibility index (Phi) is 3.94. The zero-order valence-corrected chi connectivity index (χ0v) is 19.9.